The molecule has 4 nitrogen and oxygen atoms in total. The van der Waals surface area contributed by atoms with Crippen LogP contribution in [0.15, 0.2) is 29.3 Å². The van der Waals surface area contributed by atoms with E-state index in [9.17, 15) is 4.79 Å². The molecule has 1 N–H and O–H groups in total. The van der Waals surface area contributed by atoms with Crippen LogP contribution < -0.4 is 0 Å². The van der Waals surface area contributed by atoms with Crippen molar-refractivity contribution in [2.75, 3.05) is 19.6 Å². The maximum atomic E-state index is 10.7. The van der Waals surface area contributed by atoms with Crippen molar-refractivity contribution in [3.8, 4) is 0 Å². The molecule has 0 radical (unpaired) electrons. The highest BCUT2D eigenvalue weighted by atomic mass is 16.4. The zero-order valence-electron chi connectivity index (χ0n) is 10.2. The average molecular weight is 244 g/mol. The lowest BCUT2D eigenvalue weighted by Gasteiger charge is -2.37. The highest BCUT2D eigenvalue weighted by Gasteiger charge is 2.39. The van der Waals surface area contributed by atoms with Crippen LogP contribution in [-0.2, 0) is 10.2 Å². The van der Waals surface area contributed by atoms with Gasteiger partial charge in [0.25, 0.3) is 0 Å². The molecule has 1 fully saturated rings. The van der Waals surface area contributed by atoms with Crippen molar-refractivity contribution in [3.05, 3.63) is 29.8 Å². The molecule has 1 saturated heterocycles. The fourth-order valence-corrected chi connectivity index (χ4v) is 2.97. The molecule has 0 atom stereocenters. The van der Waals surface area contributed by atoms with E-state index >= 15 is 0 Å². The quantitative estimate of drug-likeness (QED) is 0.863. The van der Waals surface area contributed by atoms with Gasteiger partial charge in [-0.1, -0.05) is 18.2 Å². The van der Waals surface area contributed by atoms with Crippen LogP contribution in [0, 0.1) is 0 Å². The predicted octanol–water partition coefficient (Wildman–Crippen LogP) is 1.82. The van der Waals surface area contributed by atoms with E-state index in [0.29, 0.717) is 0 Å². The lowest BCUT2D eigenvalue weighted by molar-refractivity contribution is -0.138. The number of carboxylic acid groups (broad SMARTS) is 1. The predicted molar refractivity (Wildman–Crippen MR) is 69.6 cm³/mol. The topological polar surface area (TPSA) is 52.9 Å². The van der Waals surface area contributed by atoms with Gasteiger partial charge < -0.3 is 5.11 Å². The molecule has 0 aromatic heterocycles. The second-order valence-electron chi connectivity index (χ2n) is 5.10. The summed E-state index contributed by atoms with van der Waals surface area (Å²) in [5, 5.41) is 8.81. The van der Waals surface area contributed by atoms with Gasteiger partial charge in [-0.3, -0.25) is 14.7 Å². The van der Waals surface area contributed by atoms with Gasteiger partial charge in [-0.05, 0) is 37.6 Å². The Morgan fingerprint density at radius 2 is 2.06 bits per heavy atom. The summed E-state index contributed by atoms with van der Waals surface area (Å²) in [5.74, 6) is -0.744. The Morgan fingerprint density at radius 1 is 1.33 bits per heavy atom. The maximum Gasteiger partial charge on any atom is 0.317 e. The number of para-hydroxylation sites is 1. The number of carbonyl (C=O) groups is 1. The molecule has 0 bridgehead atoms. The zero-order valence-corrected chi connectivity index (χ0v) is 10.2. The van der Waals surface area contributed by atoms with Crippen molar-refractivity contribution in [3.63, 3.8) is 0 Å². The summed E-state index contributed by atoms with van der Waals surface area (Å²) < 4.78 is 0. The SMILES string of the molecule is O=C(O)CN1CCC2(C=Nc3ccccc32)CC1. The lowest BCUT2D eigenvalue weighted by atomic mass is 9.74. The molecule has 0 unspecified atom stereocenters. The second kappa shape index (κ2) is 4.21. The first-order valence-electron chi connectivity index (χ1n) is 6.28. The third kappa shape index (κ3) is 1.82. The number of benzene rings is 1. The Hall–Kier alpha value is -1.68. The number of piperidine rings is 1. The van der Waals surface area contributed by atoms with E-state index in [1.807, 2.05) is 17.0 Å². The Balaban J connectivity index is 1.77. The van der Waals surface area contributed by atoms with E-state index in [4.69, 9.17) is 5.11 Å². The molecule has 3 rings (SSSR count). The lowest BCUT2D eigenvalue weighted by Crippen LogP contribution is -2.44. The van der Waals surface area contributed by atoms with Crippen LogP contribution in [0.1, 0.15) is 18.4 Å². The van der Waals surface area contributed by atoms with Gasteiger partial charge in [0, 0.05) is 11.6 Å². The molecule has 1 aromatic carbocycles. The Kier molecular flexibility index (Phi) is 2.67. The Morgan fingerprint density at radius 3 is 2.78 bits per heavy atom. The molecule has 1 aromatic rings. The van der Waals surface area contributed by atoms with E-state index in [-0.39, 0.29) is 12.0 Å². The van der Waals surface area contributed by atoms with E-state index in [1.54, 1.807) is 0 Å². The first kappa shape index (κ1) is 11.4. The van der Waals surface area contributed by atoms with Gasteiger partial charge in [-0.15, -0.1) is 0 Å². The first-order valence-corrected chi connectivity index (χ1v) is 6.28. The maximum absolute atomic E-state index is 10.7. The van der Waals surface area contributed by atoms with Crippen molar-refractivity contribution in [1.29, 1.82) is 0 Å². The normalized spacial score (nSPS) is 21.1. The first-order chi connectivity index (χ1) is 8.70. The van der Waals surface area contributed by atoms with Gasteiger partial charge >= 0.3 is 5.97 Å². The molecule has 4 heteroatoms. The number of likely N-dealkylation sites (tertiary alicyclic amines) is 1. The molecule has 94 valence electrons. The summed E-state index contributed by atoms with van der Waals surface area (Å²) in [7, 11) is 0. The molecule has 0 aliphatic carbocycles. The molecular formula is C14H16N2O2. The van der Waals surface area contributed by atoms with Crippen LogP contribution in [0.25, 0.3) is 0 Å². The molecule has 0 amide bonds. The van der Waals surface area contributed by atoms with Crippen molar-refractivity contribution in [2.45, 2.75) is 18.3 Å². The third-order valence-corrected chi connectivity index (χ3v) is 4.00. The third-order valence-electron chi connectivity index (χ3n) is 4.00. The van der Waals surface area contributed by atoms with Crippen LogP contribution in [0.4, 0.5) is 5.69 Å². The molecule has 2 heterocycles. The van der Waals surface area contributed by atoms with Crippen LogP contribution in [0.2, 0.25) is 0 Å². The number of carboxylic acids is 1. The summed E-state index contributed by atoms with van der Waals surface area (Å²) >= 11 is 0. The Labute approximate surface area is 106 Å². The van der Waals surface area contributed by atoms with Crippen molar-refractivity contribution >= 4 is 17.9 Å². The highest BCUT2D eigenvalue weighted by Crippen LogP contribution is 2.43. The molecular weight excluding hydrogens is 228 g/mol. The zero-order chi connectivity index (χ0) is 12.6. The number of hydrogen-bond donors (Lipinski definition) is 1. The molecule has 2 aliphatic rings. The Bertz CT molecular complexity index is 502. The van der Waals surface area contributed by atoms with Gasteiger partial charge in [0.1, 0.15) is 0 Å². The smallest absolute Gasteiger partial charge is 0.317 e. The average Bonchev–Trinajstić information content (AvgIpc) is 2.72. The second-order valence-corrected chi connectivity index (χ2v) is 5.10. The van der Waals surface area contributed by atoms with Gasteiger partial charge in [-0.2, -0.15) is 0 Å². The van der Waals surface area contributed by atoms with E-state index in [1.165, 1.54) is 5.56 Å². The van der Waals surface area contributed by atoms with Crippen LogP contribution >= 0.6 is 0 Å². The summed E-state index contributed by atoms with van der Waals surface area (Å²) in [6, 6.07) is 8.26. The highest BCUT2D eigenvalue weighted by molar-refractivity contribution is 5.85. The van der Waals surface area contributed by atoms with Gasteiger partial charge in [0.05, 0.1) is 12.2 Å². The van der Waals surface area contributed by atoms with E-state index < -0.39 is 5.97 Å². The number of rotatable bonds is 2. The van der Waals surface area contributed by atoms with E-state index in [0.717, 1.165) is 31.6 Å². The fraction of sp³-hybridized carbons (Fsp3) is 0.429. The molecule has 1 spiro atoms. The monoisotopic (exact) mass is 244 g/mol. The molecule has 2 aliphatic heterocycles. The molecule has 0 saturated carbocycles. The minimum absolute atomic E-state index is 0.0472. The number of aliphatic imine (C=N–C) groups is 1. The van der Waals surface area contributed by atoms with Crippen LogP contribution in [0.3, 0.4) is 0 Å². The summed E-state index contributed by atoms with van der Waals surface area (Å²) in [5.41, 5.74) is 2.43. The largest absolute Gasteiger partial charge is 0.480 e. The van der Waals surface area contributed by atoms with Gasteiger partial charge in [0.2, 0.25) is 0 Å². The number of fused-ring (bicyclic) bond motifs is 2. The van der Waals surface area contributed by atoms with Crippen molar-refractivity contribution < 1.29 is 9.90 Å². The minimum Gasteiger partial charge on any atom is -0.480 e. The number of aliphatic carboxylic acids is 1. The number of hydrogen-bond acceptors (Lipinski definition) is 3. The van der Waals surface area contributed by atoms with Crippen LogP contribution in [-0.4, -0.2) is 41.8 Å². The summed E-state index contributed by atoms with van der Waals surface area (Å²) in [6.07, 6.45) is 3.98. The van der Waals surface area contributed by atoms with E-state index in [2.05, 4.69) is 23.3 Å². The fourth-order valence-electron chi connectivity index (χ4n) is 2.97. The van der Waals surface area contributed by atoms with Crippen molar-refractivity contribution in [2.24, 2.45) is 4.99 Å². The van der Waals surface area contributed by atoms with Gasteiger partial charge in [-0.25, -0.2) is 0 Å². The van der Waals surface area contributed by atoms with Crippen molar-refractivity contribution in [1.82, 2.24) is 4.90 Å². The summed E-state index contributed by atoms with van der Waals surface area (Å²) in [6.45, 7) is 1.80. The minimum atomic E-state index is -0.744. The number of nitrogens with zero attached hydrogens (tertiary/aromatic N) is 2. The van der Waals surface area contributed by atoms with Crippen LogP contribution in [0.5, 0.6) is 0 Å². The standard InChI is InChI=1S/C14H16N2O2/c17-13(18)9-16-7-5-14(6-8-16)10-15-12-4-2-1-3-11(12)14/h1-4,10H,5-9H2,(H,17,18). The van der Waals surface area contributed by atoms with Gasteiger partial charge in [0.15, 0.2) is 0 Å². The molecule has 18 heavy (non-hydrogen) atoms. The summed E-state index contributed by atoms with van der Waals surface area (Å²) in [4.78, 5) is 17.2.